The van der Waals surface area contributed by atoms with E-state index in [-0.39, 0.29) is 0 Å². The zero-order valence-corrected chi connectivity index (χ0v) is 9.24. The van der Waals surface area contributed by atoms with Gasteiger partial charge in [-0.05, 0) is 20.3 Å². The zero-order valence-electron chi connectivity index (χ0n) is 9.24. The maximum atomic E-state index is 11.3. The summed E-state index contributed by atoms with van der Waals surface area (Å²) in [4.78, 5) is 20.2. The molecular weight excluding hydrogens is 200 g/mol. The fourth-order valence-electron chi connectivity index (χ4n) is 1.20. The third-order valence-corrected chi connectivity index (χ3v) is 1.93. The van der Waals surface area contributed by atoms with Gasteiger partial charge in [-0.3, -0.25) is 0 Å². The van der Waals surface area contributed by atoms with E-state index in [1.165, 1.54) is 6.08 Å². The summed E-state index contributed by atoms with van der Waals surface area (Å²) < 4.78 is 9.84. The van der Waals surface area contributed by atoms with Crippen LogP contribution in [0.4, 0.5) is 4.79 Å². The lowest BCUT2D eigenvalue weighted by Gasteiger charge is -2.23. The molecule has 0 aromatic rings. The Kier molecular flexibility index (Phi) is 3.36. The molecule has 0 unspecified atom stereocenters. The molecule has 5 heteroatoms. The van der Waals surface area contributed by atoms with Gasteiger partial charge in [0, 0.05) is 6.08 Å². The first-order chi connectivity index (χ1) is 6.93. The molecule has 1 heterocycles. The van der Waals surface area contributed by atoms with Crippen molar-refractivity contribution in [2.24, 2.45) is 0 Å². The van der Waals surface area contributed by atoms with Gasteiger partial charge in [-0.25, -0.2) is 4.79 Å². The minimum absolute atomic E-state index is 0.552. The average molecular weight is 216 g/mol. The van der Waals surface area contributed by atoms with Crippen LogP contribution in [0.2, 0.25) is 0 Å². The number of hydrogen-bond donors (Lipinski definition) is 0. The summed E-state index contributed by atoms with van der Waals surface area (Å²) >= 11 is 0. The summed E-state index contributed by atoms with van der Waals surface area (Å²) in [7, 11) is 0. The Balaban J connectivity index is 2.38. The van der Waals surface area contributed by atoms with Crippen LogP contribution in [0.1, 0.15) is 33.6 Å². The molecule has 1 aliphatic rings. The van der Waals surface area contributed by atoms with Crippen molar-refractivity contribution in [1.82, 2.24) is 0 Å². The highest BCUT2D eigenvalue weighted by molar-refractivity contribution is 5.61. The monoisotopic (exact) mass is 216 g/mol. The Morgan fingerprint density at radius 3 is 2.53 bits per heavy atom. The Bertz CT molecular complexity index is 255. The van der Waals surface area contributed by atoms with Gasteiger partial charge in [0.25, 0.3) is 0 Å². The molecule has 1 rings (SSSR count). The lowest BCUT2D eigenvalue weighted by atomic mass is 10.0. The second-order valence-corrected chi connectivity index (χ2v) is 3.94. The minimum atomic E-state index is -1.43. The van der Waals surface area contributed by atoms with Crippen molar-refractivity contribution in [3.8, 4) is 0 Å². The van der Waals surface area contributed by atoms with Crippen LogP contribution in [0.15, 0.2) is 12.7 Å². The summed E-state index contributed by atoms with van der Waals surface area (Å²) in [5.74, 6) is -1.43. The second-order valence-electron chi connectivity index (χ2n) is 3.94. The molecule has 0 spiro atoms. The van der Waals surface area contributed by atoms with Crippen molar-refractivity contribution >= 4 is 6.16 Å². The van der Waals surface area contributed by atoms with Gasteiger partial charge in [0.05, 0.1) is 0 Å². The number of carbonyl (C=O) groups excluding carboxylic acids is 1. The number of carbonyl (C=O) groups is 1. The molecule has 86 valence electrons. The average Bonchev–Trinajstić information content (AvgIpc) is 2.83. The van der Waals surface area contributed by atoms with Crippen LogP contribution >= 0.6 is 0 Å². The lowest BCUT2D eigenvalue weighted by molar-refractivity contribution is -0.0605. The molecule has 5 nitrogen and oxygen atoms in total. The van der Waals surface area contributed by atoms with Crippen LogP contribution in [0.3, 0.4) is 0 Å². The van der Waals surface area contributed by atoms with Crippen LogP contribution in [-0.4, -0.2) is 17.7 Å². The highest BCUT2D eigenvalue weighted by Crippen LogP contribution is 2.33. The van der Waals surface area contributed by atoms with Crippen LogP contribution < -0.4 is 0 Å². The van der Waals surface area contributed by atoms with E-state index in [0.717, 1.165) is 12.8 Å². The molecule has 0 aromatic heterocycles. The van der Waals surface area contributed by atoms with Crippen molar-refractivity contribution in [3.63, 3.8) is 0 Å². The first kappa shape index (κ1) is 12.0. The predicted octanol–water partition coefficient (Wildman–Crippen LogP) is 2.52. The van der Waals surface area contributed by atoms with E-state index in [4.69, 9.17) is 9.47 Å². The highest BCUT2D eigenvalue weighted by Gasteiger charge is 2.52. The molecule has 0 N–H and O–H groups in total. The first-order valence-corrected chi connectivity index (χ1v) is 4.85. The maximum absolute atomic E-state index is 11.3. The fraction of sp³-hybridized carbons (Fsp3) is 0.700. The summed E-state index contributed by atoms with van der Waals surface area (Å²) in [6.45, 7) is 9.03. The van der Waals surface area contributed by atoms with E-state index in [9.17, 15) is 4.79 Å². The number of rotatable bonds is 5. The van der Waals surface area contributed by atoms with Crippen LogP contribution in [0.5, 0.6) is 0 Å². The maximum Gasteiger partial charge on any atom is 0.513 e. The molecule has 0 aromatic carbocycles. The normalized spacial score (nSPS) is 18.1. The largest absolute Gasteiger partial charge is 0.513 e. The molecule has 0 bridgehead atoms. The molecule has 0 aliphatic carbocycles. The third-order valence-electron chi connectivity index (χ3n) is 1.93. The van der Waals surface area contributed by atoms with Crippen LogP contribution in [-0.2, 0) is 19.2 Å². The van der Waals surface area contributed by atoms with Crippen molar-refractivity contribution in [3.05, 3.63) is 12.7 Å². The van der Waals surface area contributed by atoms with Crippen molar-refractivity contribution < 1.29 is 24.0 Å². The van der Waals surface area contributed by atoms with Gasteiger partial charge in [0.15, 0.2) is 0 Å². The van der Waals surface area contributed by atoms with E-state index < -0.39 is 17.7 Å². The Hall–Kier alpha value is -1.07. The Morgan fingerprint density at radius 1 is 1.53 bits per heavy atom. The SMILES string of the molecule is C=CC1(OC(=O)OC(C)(C)CCC)OO1. The van der Waals surface area contributed by atoms with Crippen molar-refractivity contribution in [2.75, 3.05) is 0 Å². The summed E-state index contributed by atoms with van der Waals surface area (Å²) in [6.07, 6.45) is 2.08. The molecule has 0 amide bonds. The predicted molar refractivity (Wildman–Crippen MR) is 51.7 cm³/mol. The van der Waals surface area contributed by atoms with Gasteiger partial charge in [0.2, 0.25) is 0 Å². The Labute approximate surface area is 88.9 Å². The zero-order chi connectivity index (χ0) is 11.5. The number of hydrogen-bond acceptors (Lipinski definition) is 5. The summed E-state index contributed by atoms with van der Waals surface area (Å²) in [5, 5.41) is 0. The number of ether oxygens (including phenoxy) is 2. The van der Waals surface area contributed by atoms with Crippen LogP contribution in [0, 0.1) is 0 Å². The molecule has 1 fully saturated rings. The van der Waals surface area contributed by atoms with E-state index in [1.807, 2.05) is 20.8 Å². The molecule has 0 atom stereocenters. The highest BCUT2D eigenvalue weighted by atomic mass is 17.5. The summed E-state index contributed by atoms with van der Waals surface area (Å²) in [6, 6.07) is 0. The van der Waals surface area contributed by atoms with Gasteiger partial charge in [-0.2, -0.15) is 0 Å². The third kappa shape index (κ3) is 3.53. The van der Waals surface area contributed by atoms with E-state index >= 15 is 0 Å². The molecular formula is C10H16O5. The minimum Gasteiger partial charge on any atom is -0.428 e. The van der Waals surface area contributed by atoms with Crippen molar-refractivity contribution in [2.45, 2.75) is 45.2 Å². The van der Waals surface area contributed by atoms with Gasteiger partial charge >= 0.3 is 12.1 Å². The first-order valence-electron chi connectivity index (χ1n) is 4.85. The quantitative estimate of drug-likeness (QED) is 0.306. The molecule has 0 saturated carbocycles. The molecule has 15 heavy (non-hydrogen) atoms. The van der Waals surface area contributed by atoms with Gasteiger partial charge < -0.3 is 9.47 Å². The molecule has 0 radical (unpaired) electrons. The van der Waals surface area contributed by atoms with E-state index in [2.05, 4.69) is 16.4 Å². The van der Waals surface area contributed by atoms with Crippen LogP contribution in [0.25, 0.3) is 0 Å². The lowest BCUT2D eigenvalue weighted by Crippen LogP contribution is -2.30. The molecule has 1 saturated heterocycles. The van der Waals surface area contributed by atoms with Gasteiger partial charge in [-0.15, -0.1) is 9.78 Å². The standard InChI is InChI=1S/C10H16O5/c1-5-7-9(3,4)12-8(11)13-10(6-2)14-15-10/h6H,2,5,7H2,1,3-4H3. The van der Waals surface area contributed by atoms with E-state index in [0.29, 0.717) is 0 Å². The van der Waals surface area contributed by atoms with Gasteiger partial charge in [-0.1, -0.05) is 19.9 Å². The molecule has 1 aliphatic heterocycles. The fourth-order valence-corrected chi connectivity index (χ4v) is 1.20. The summed E-state index contributed by atoms with van der Waals surface area (Å²) in [5.41, 5.74) is -0.552. The topological polar surface area (TPSA) is 60.6 Å². The Morgan fingerprint density at radius 2 is 2.13 bits per heavy atom. The smallest absolute Gasteiger partial charge is 0.428 e. The van der Waals surface area contributed by atoms with Gasteiger partial charge in [0.1, 0.15) is 5.60 Å². The second kappa shape index (κ2) is 4.20. The van der Waals surface area contributed by atoms with Crippen molar-refractivity contribution in [1.29, 1.82) is 0 Å². The van der Waals surface area contributed by atoms with E-state index in [1.54, 1.807) is 0 Å².